The van der Waals surface area contributed by atoms with Gasteiger partial charge in [-0.05, 0) is 55.9 Å². The first-order chi connectivity index (χ1) is 7.03. The molecule has 2 aliphatic carbocycles. The molecule has 1 saturated carbocycles. The summed E-state index contributed by atoms with van der Waals surface area (Å²) >= 11 is 0. The average molecular weight is 202 g/mol. The van der Waals surface area contributed by atoms with Gasteiger partial charge in [-0.15, -0.1) is 0 Å². The van der Waals surface area contributed by atoms with Crippen LogP contribution in [0.2, 0.25) is 0 Å². The van der Waals surface area contributed by atoms with E-state index in [-0.39, 0.29) is 0 Å². The second kappa shape index (κ2) is 3.66. The van der Waals surface area contributed by atoms with Crippen molar-refractivity contribution >= 4 is 0 Å². The molecule has 0 bridgehead atoms. The Labute approximate surface area is 93.8 Å². The number of hydrogen-bond donors (Lipinski definition) is 0. The lowest BCUT2D eigenvalue weighted by atomic mass is 9.59. The Bertz CT molecular complexity index is 332. The van der Waals surface area contributed by atoms with E-state index in [0.29, 0.717) is 11.3 Å². The molecule has 2 rings (SSSR count). The maximum absolute atomic E-state index is 4.28. The predicted molar refractivity (Wildman–Crippen MR) is 66.7 cm³/mol. The first-order valence-corrected chi connectivity index (χ1v) is 6.05. The molecule has 0 spiro atoms. The standard InChI is InChI=1S/C15H22/c1-11(2)13-7-9-15(4)8-5-6-12(3)14(15)10-13/h7,14H,1,3,5-6,8-10H2,2,4H3/t14-,15+/m0/s1. The number of fused-ring (bicyclic) bond motifs is 1. The highest BCUT2D eigenvalue weighted by Gasteiger charge is 2.40. The zero-order valence-corrected chi connectivity index (χ0v) is 10.1. The Morgan fingerprint density at radius 2 is 2.27 bits per heavy atom. The van der Waals surface area contributed by atoms with Gasteiger partial charge >= 0.3 is 0 Å². The minimum Gasteiger partial charge on any atom is -0.0995 e. The topological polar surface area (TPSA) is 0 Å². The summed E-state index contributed by atoms with van der Waals surface area (Å²) in [5.74, 6) is 0.711. The van der Waals surface area contributed by atoms with E-state index >= 15 is 0 Å². The van der Waals surface area contributed by atoms with Crippen molar-refractivity contribution in [2.75, 3.05) is 0 Å². The Hall–Kier alpha value is -0.780. The van der Waals surface area contributed by atoms with Crippen molar-refractivity contribution in [3.63, 3.8) is 0 Å². The number of allylic oxidation sites excluding steroid dienone is 4. The van der Waals surface area contributed by atoms with Gasteiger partial charge in [-0.3, -0.25) is 0 Å². The Morgan fingerprint density at radius 3 is 2.93 bits per heavy atom. The molecule has 0 aromatic rings. The summed E-state index contributed by atoms with van der Waals surface area (Å²) in [6.45, 7) is 12.9. The lowest BCUT2D eigenvalue weighted by molar-refractivity contribution is 0.156. The lowest BCUT2D eigenvalue weighted by Crippen LogP contribution is -2.34. The van der Waals surface area contributed by atoms with Crippen LogP contribution in [0.4, 0.5) is 0 Å². The Kier molecular flexibility index (Phi) is 2.62. The van der Waals surface area contributed by atoms with Crippen LogP contribution in [0.3, 0.4) is 0 Å². The molecule has 1 fully saturated rings. The largest absolute Gasteiger partial charge is 0.0995 e. The molecule has 0 aliphatic heterocycles. The predicted octanol–water partition coefficient (Wildman–Crippen LogP) is 4.65. The summed E-state index contributed by atoms with van der Waals surface area (Å²) in [5.41, 5.74) is 4.69. The van der Waals surface area contributed by atoms with Gasteiger partial charge in [0.2, 0.25) is 0 Å². The van der Waals surface area contributed by atoms with Gasteiger partial charge in [0.1, 0.15) is 0 Å². The maximum atomic E-state index is 4.28. The van der Waals surface area contributed by atoms with Crippen molar-refractivity contribution in [1.82, 2.24) is 0 Å². The van der Waals surface area contributed by atoms with Crippen molar-refractivity contribution in [2.45, 2.75) is 46.0 Å². The average Bonchev–Trinajstić information content (AvgIpc) is 2.17. The molecule has 0 heterocycles. The van der Waals surface area contributed by atoms with E-state index in [4.69, 9.17) is 0 Å². The molecule has 0 nitrogen and oxygen atoms in total. The Morgan fingerprint density at radius 1 is 1.53 bits per heavy atom. The summed E-state index contributed by atoms with van der Waals surface area (Å²) in [6.07, 6.45) is 8.77. The molecular weight excluding hydrogens is 180 g/mol. The second-order valence-corrected chi connectivity index (χ2v) is 5.64. The van der Waals surface area contributed by atoms with E-state index in [1.54, 1.807) is 0 Å². The lowest BCUT2D eigenvalue weighted by Gasteiger charge is -2.46. The van der Waals surface area contributed by atoms with Gasteiger partial charge in [-0.1, -0.05) is 37.3 Å². The minimum atomic E-state index is 0.494. The van der Waals surface area contributed by atoms with E-state index in [0.717, 1.165) is 0 Å². The highest BCUT2D eigenvalue weighted by molar-refractivity contribution is 5.32. The normalized spacial score (nSPS) is 35.7. The molecule has 0 aromatic carbocycles. The van der Waals surface area contributed by atoms with E-state index in [1.165, 1.54) is 48.8 Å². The van der Waals surface area contributed by atoms with Crippen molar-refractivity contribution in [1.29, 1.82) is 0 Å². The fourth-order valence-electron chi connectivity index (χ4n) is 3.20. The molecule has 82 valence electrons. The van der Waals surface area contributed by atoms with Gasteiger partial charge in [-0.2, -0.15) is 0 Å². The van der Waals surface area contributed by atoms with Gasteiger partial charge in [0.25, 0.3) is 0 Å². The summed E-state index contributed by atoms with van der Waals surface area (Å²) in [4.78, 5) is 0. The third kappa shape index (κ3) is 1.82. The van der Waals surface area contributed by atoms with Crippen LogP contribution >= 0.6 is 0 Å². The SMILES string of the molecule is C=C(C)C1=CC[C@@]2(C)CCCC(=C)[C@@H]2C1. The van der Waals surface area contributed by atoms with Crippen molar-refractivity contribution in [2.24, 2.45) is 11.3 Å². The summed E-state index contributed by atoms with van der Waals surface area (Å²) in [5, 5.41) is 0. The van der Waals surface area contributed by atoms with Crippen molar-refractivity contribution < 1.29 is 0 Å². The zero-order valence-electron chi connectivity index (χ0n) is 10.1. The van der Waals surface area contributed by atoms with E-state index in [1.807, 2.05) is 0 Å². The maximum Gasteiger partial charge on any atom is -0.0109 e. The van der Waals surface area contributed by atoms with Crippen molar-refractivity contribution in [3.05, 3.63) is 36.0 Å². The zero-order chi connectivity index (χ0) is 11.1. The van der Waals surface area contributed by atoms with Gasteiger partial charge in [-0.25, -0.2) is 0 Å². The third-order valence-corrected chi connectivity index (χ3v) is 4.37. The molecule has 2 atom stereocenters. The molecule has 0 aromatic heterocycles. The van der Waals surface area contributed by atoms with Crippen LogP contribution in [0.25, 0.3) is 0 Å². The molecular formula is C15H22. The third-order valence-electron chi connectivity index (χ3n) is 4.37. The minimum absolute atomic E-state index is 0.494. The Balaban J connectivity index is 2.27. The van der Waals surface area contributed by atoms with Crippen LogP contribution in [0, 0.1) is 11.3 Å². The fourth-order valence-corrected chi connectivity index (χ4v) is 3.20. The molecule has 0 heteroatoms. The molecule has 0 saturated heterocycles. The van der Waals surface area contributed by atoms with Gasteiger partial charge in [0.05, 0.1) is 0 Å². The van der Waals surface area contributed by atoms with Crippen LogP contribution in [-0.4, -0.2) is 0 Å². The quantitative estimate of drug-likeness (QED) is 0.543. The highest BCUT2D eigenvalue weighted by atomic mass is 14.4. The summed E-state index contributed by atoms with van der Waals surface area (Å²) in [6, 6.07) is 0. The van der Waals surface area contributed by atoms with Crippen LogP contribution in [-0.2, 0) is 0 Å². The van der Waals surface area contributed by atoms with Gasteiger partial charge in [0, 0.05) is 0 Å². The number of rotatable bonds is 1. The second-order valence-electron chi connectivity index (χ2n) is 5.64. The van der Waals surface area contributed by atoms with Crippen LogP contribution in [0.5, 0.6) is 0 Å². The summed E-state index contributed by atoms with van der Waals surface area (Å²) in [7, 11) is 0. The fraction of sp³-hybridized carbons (Fsp3) is 0.600. The smallest absolute Gasteiger partial charge is 0.0109 e. The van der Waals surface area contributed by atoms with E-state index < -0.39 is 0 Å². The van der Waals surface area contributed by atoms with Crippen molar-refractivity contribution in [3.8, 4) is 0 Å². The first-order valence-electron chi connectivity index (χ1n) is 6.05. The van der Waals surface area contributed by atoms with E-state index in [2.05, 4.69) is 33.1 Å². The molecule has 0 radical (unpaired) electrons. The van der Waals surface area contributed by atoms with Crippen LogP contribution in [0.15, 0.2) is 36.0 Å². The van der Waals surface area contributed by atoms with Crippen LogP contribution < -0.4 is 0 Å². The van der Waals surface area contributed by atoms with Gasteiger partial charge in [0.15, 0.2) is 0 Å². The molecule has 0 amide bonds. The monoisotopic (exact) mass is 202 g/mol. The number of hydrogen-bond acceptors (Lipinski definition) is 0. The molecule has 0 N–H and O–H groups in total. The van der Waals surface area contributed by atoms with Crippen LogP contribution in [0.1, 0.15) is 46.0 Å². The molecule has 0 unspecified atom stereocenters. The summed E-state index contributed by atoms with van der Waals surface area (Å²) < 4.78 is 0. The van der Waals surface area contributed by atoms with E-state index in [9.17, 15) is 0 Å². The van der Waals surface area contributed by atoms with Gasteiger partial charge < -0.3 is 0 Å². The highest BCUT2D eigenvalue weighted by Crippen LogP contribution is 2.52. The molecule has 15 heavy (non-hydrogen) atoms. The molecule has 2 aliphatic rings. The first kappa shape index (κ1) is 10.7.